The average molecular weight is 374 g/mol. The summed E-state index contributed by atoms with van der Waals surface area (Å²) in [6.45, 7) is 7.18. The molecule has 0 aromatic heterocycles. The Morgan fingerprint density at radius 1 is 1.07 bits per heavy atom. The molecule has 2 fully saturated rings. The molecular formula is C25H26O3. The third kappa shape index (κ3) is 2.08. The van der Waals surface area contributed by atoms with Crippen LogP contribution in [0.3, 0.4) is 0 Å². The summed E-state index contributed by atoms with van der Waals surface area (Å²) in [5.41, 5.74) is 4.11. The molecule has 3 unspecified atom stereocenters. The molecule has 5 rings (SSSR count). The van der Waals surface area contributed by atoms with Crippen LogP contribution in [0, 0.1) is 11.3 Å². The second kappa shape index (κ2) is 5.50. The summed E-state index contributed by atoms with van der Waals surface area (Å²) in [6.07, 6.45) is 7.79. The summed E-state index contributed by atoms with van der Waals surface area (Å²) in [4.78, 5) is 11.0. The van der Waals surface area contributed by atoms with Crippen LogP contribution in [0.2, 0.25) is 0 Å². The molecule has 2 aromatic carbocycles. The normalized spacial score (nSPS) is 31.6. The van der Waals surface area contributed by atoms with Gasteiger partial charge in [-0.25, -0.2) is 4.79 Å². The molecule has 3 nitrogen and oxygen atoms in total. The Kier molecular flexibility index (Phi) is 3.44. The molecule has 1 heterocycles. The number of aromatic carboxylic acids is 1. The Hall–Kier alpha value is -2.55. The van der Waals surface area contributed by atoms with Crippen LogP contribution in [0.1, 0.15) is 67.1 Å². The van der Waals surface area contributed by atoms with E-state index in [1.807, 2.05) is 18.2 Å². The molecular weight excluding hydrogens is 348 g/mol. The molecule has 2 bridgehead atoms. The van der Waals surface area contributed by atoms with Crippen molar-refractivity contribution < 1.29 is 14.6 Å². The van der Waals surface area contributed by atoms with Gasteiger partial charge in [0.2, 0.25) is 0 Å². The summed E-state index contributed by atoms with van der Waals surface area (Å²) in [7, 11) is 0. The topological polar surface area (TPSA) is 46.5 Å². The van der Waals surface area contributed by atoms with Gasteiger partial charge in [-0.1, -0.05) is 44.2 Å². The minimum atomic E-state index is -0.898. The van der Waals surface area contributed by atoms with E-state index in [0.717, 1.165) is 29.2 Å². The number of ether oxygens (including phenoxy) is 1. The lowest BCUT2D eigenvalue weighted by Gasteiger charge is -2.42. The van der Waals surface area contributed by atoms with Crippen LogP contribution in [-0.2, 0) is 5.41 Å². The average Bonchev–Trinajstić information content (AvgIpc) is 3.15. The first-order valence-corrected chi connectivity index (χ1v) is 10.1. The van der Waals surface area contributed by atoms with E-state index in [4.69, 9.17) is 9.84 Å². The first kappa shape index (κ1) is 17.5. The molecule has 0 amide bonds. The van der Waals surface area contributed by atoms with Crippen LogP contribution >= 0.6 is 0 Å². The molecule has 2 aromatic rings. The van der Waals surface area contributed by atoms with Crippen LogP contribution in [0.4, 0.5) is 0 Å². The van der Waals surface area contributed by atoms with E-state index in [-0.39, 0.29) is 16.4 Å². The van der Waals surface area contributed by atoms with Crippen LogP contribution in [-0.4, -0.2) is 16.7 Å². The number of rotatable bonds is 3. The zero-order valence-corrected chi connectivity index (χ0v) is 16.7. The Balaban J connectivity index is 1.50. The predicted molar refractivity (Wildman–Crippen MR) is 111 cm³/mol. The molecule has 0 saturated heterocycles. The number of carbonyl (C=O) groups is 1. The number of fused-ring (bicyclic) bond motifs is 2. The Morgan fingerprint density at radius 3 is 2.43 bits per heavy atom. The van der Waals surface area contributed by atoms with Crippen LogP contribution in [0.5, 0.6) is 5.75 Å². The van der Waals surface area contributed by atoms with Gasteiger partial charge >= 0.3 is 5.97 Å². The maximum atomic E-state index is 11.0. The molecule has 3 heteroatoms. The van der Waals surface area contributed by atoms with Gasteiger partial charge in [-0.05, 0) is 72.9 Å². The van der Waals surface area contributed by atoms with Gasteiger partial charge in [-0.15, -0.1) is 0 Å². The number of carboxylic acids is 1. The largest absolute Gasteiger partial charge is 0.486 e. The van der Waals surface area contributed by atoms with Crippen molar-refractivity contribution in [3.05, 3.63) is 64.7 Å². The number of hydrogen-bond donors (Lipinski definition) is 1. The molecule has 0 radical (unpaired) electrons. The maximum absolute atomic E-state index is 11.0. The Morgan fingerprint density at radius 2 is 1.75 bits per heavy atom. The van der Waals surface area contributed by atoms with Gasteiger partial charge in [0.1, 0.15) is 11.4 Å². The van der Waals surface area contributed by atoms with Crippen molar-refractivity contribution in [3.8, 4) is 5.75 Å². The fraction of sp³-hybridized carbons (Fsp3) is 0.400. The summed E-state index contributed by atoms with van der Waals surface area (Å²) in [5, 5.41) is 9.03. The lowest BCUT2D eigenvalue weighted by molar-refractivity contribution is 0.0227. The highest BCUT2D eigenvalue weighted by molar-refractivity contribution is 5.88. The van der Waals surface area contributed by atoms with Crippen LogP contribution in [0.15, 0.2) is 42.5 Å². The van der Waals surface area contributed by atoms with Gasteiger partial charge in [0.15, 0.2) is 0 Å². The summed E-state index contributed by atoms with van der Waals surface area (Å²) in [5.74, 6) is 0.891. The zero-order chi connectivity index (χ0) is 19.7. The molecule has 28 heavy (non-hydrogen) atoms. The first-order valence-electron chi connectivity index (χ1n) is 10.1. The maximum Gasteiger partial charge on any atom is 0.335 e. The van der Waals surface area contributed by atoms with Gasteiger partial charge in [-0.2, -0.15) is 0 Å². The van der Waals surface area contributed by atoms with E-state index >= 15 is 0 Å². The second-order valence-corrected chi connectivity index (χ2v) is 9.42. The molecule has 1 aliphatic heterocycles. The fourth-order valence-corrected chi connectivity index (χ4v) is 6.51. The minimum absolute atomic E-state index is 0.0866. The smallest absolute Gasteiger partial charge is 0.335 e. The third-order valence-electron chi connectivity index (χ3n) is 7.95. The third-order valence-corrected chi connectivity index (χ3v) is 7.95. The van der Waals surface area contributed by atoms with E-state index in [2.05, 4.69) is 45.0 Å². The van der Waals surface area contributed by atoms with Crippen molar-refractivity contribution in [2.45, 2.75) is 51.0 Å². The Bertz CT molecular complexity index is 1000. The summed E-state index contributed by atoms with van der Waals surface area (Å²) in [6, 6.07) is 13.5. The van der Waals surface area contributed by atoms with Crippen molar-refractivity contribution in [2.24, 2.45) is 11.3 Å². The van der Waals surface area contributed by atoms with Crippen molar-refractivity contribution in [3.63, 3.8) is 0 Å². The molecule has 1 spiro atoms. The van der Waals surface area contributed by atoms with Gasteiger partial charge in [0.25, 0.3) is 0 Å². The van der Waals surface area contributed by atoms with Gasteiger partial charge < -0.3 is 9.84 Å². The van der Waals surface area contributed by atoms with E-state index in [0.29, 0.717) is 5.56 Å². The highest BCUT2D eigenvalue weighted by Crippen LogP contribution is 2.74. The van der Waals surface area contributed by atoms with Crippen molar-refractivity contribution in [1.29, 1.82) is 0 Å². The number of carboxylic acid groups (broad SMARTS) is 1. The van der Waals surface area contributed by atoms with E-state index in [1.165, 1.54) is 18.4 Å². The second-order valence-electron chi connectivity index (χ2n) is 9.42. The van der Waals surface area contributed by atoms with Crippen LogP contribution < -0.4 is 4.74 Å². The minimum Gasteiger partial charge on any atom is -0.486 e. The van der Waals surface area contributed by atoms with Gasteiger partial charge in [0.05, 0.1) is 5.56 Å². The predicted octanol–water partition coefficient (Wildman–Crippen LogP) is 5.78. The molecule has 2 saturated carbocycles. The van der Waals surface area contributed by atoms with Crippen molar-refractivity contribution >= 4 is 18.1 Å². The quantitative estimate of drug-likeness (QED) is 0.692. The summed E-state index contributed by atoms with van der Waals surface area (Å²) >= 11 is 0. The molecule has 2 aliphatic carbocycles. The standard InChI is InChI=1S/C25H26O3/c1-23(2)19-12-13-25(23)20-14-17(8-11-21(20)28-24(25,3)15-19)5-4-16-6-9-18(10-7-16)22(26)27/h4-11,14,19H,12-13,15H2,1-3H3,(H,26,27). The highest BCUT2D eigenvalue weighted by atomic mass is 16.5. The zero-order valence-electron chi connectivity index (χ0n) is 16.7. The monoisotopic (exact) mass is 374 g/mol. The first-order chi connectivity index (χ1) is 13.3. The lowest BCUT2D eigenvalue weighted by atomic mass is 9.61. The molecule has 1 N–H and O–H groups in total. The van der Waals surface area contributed by atoms with E-state index < -0.39 is 5.97 Å². The van der Waals surface area contributed by atoms with Crippen LogP contribution in [0.25, 0.3) is 12.2 Å². The number of hydrogen-bond acceptors (Lipinski definition) is 2. The SMILES string of the molecule is CC12CC3CCC1(c1cc(C=Cc4ccc(C(=O)O)cc4)ccc1O2)C3(C)C. The van der Waals surface area contributed by atoms with E-state index in [1.54, 1.807) is 12.1 Å². The van der Waals surface area contributed by atoms with Gasteiger partial charge in [-0.3, -0.25) is 0 Å². The summed E-state index contributed by atoms with van der Waals surface area (Å²) < 4.78 is 6.55. The lowest BCUT2D eigenvalue weighted by Crippen LogP contribution is -2.50. The fourth-order valence-electron chi connectivity index (χ4n) is 6.51. The Labute approximate surface area is 166 Å². The van der Waals surface area contributed by atoms with Crippen molar-refractivity contribution in [2.75, 3.05) is 0 Å². The highest BCUT2D eigenvalue weighted by Gasteiger charge is 2.74. The van der Waals surface area contributed by atoms with Crippen molar-refractivity contribution in [1.82, 2.24) is 0 Å². The molecule has 3 atom stereocenters. The number of benzene rings is 2. The molecule has 3 aliphatic rings. The van der Waals surface area contributed by atoms with E-state index in [9.17, 15) is 4.79 Å². The van der Waals surface area contributed by atoms with Gasteiger partial charge in [0, 0.05) is 11.0 Å². The molecule has 144 valence electrons.